The van der Waals surface area contributed by atoms with Gasteiger partial charge in [0.1, 0.15) is 0 Å². The SMILES string of the molecule is Cc1c(Cl)c(Cl)cc(Cl)c1B(c1c(Cl)cc(Cl)c(Cl)c1C)c1c(Cl)cc(Cl)c(Cl)c1C. The number of hydrogen-bond donors (Lipinski definition) is 0. The molecule has 3 aromatic rings. The van der Waals surface area contributed by atoms with E-state index in [9.17, 15) is 0 Å². The van der Waals surface area contributed by atoms with Gasteiger partial charge in [0.25, 0.3) is 0 Å². The summed E-state index contributed by atoms with van der Waals surface area (Å²) < 4.78 is 0. The summed E-state index contributed by atoms with van der Waals surface area (Å²) in [6.45, 7) is 4.89. The Morgan fingerprint density at radius 1 is 0.419 bits per heavy atom. The fourth-order valence-corrected chi connectivity index (χ4v) is 6.15. The lowest BCUT2D eigenvalue weighted by Crippen LogP contribution is -2.56. The summed E-state index contributed by atoms with van der Waals surface area (Å²) in [4.78, 5) is 0. The van der Waals surface area contributed by atoms with Gasteiger partial charge in [-0.2, -0.15) is 0 Å². The van der Waals surface area contributed by atoms with Gasteiger partial charge in [-0.3, -0.25) is 0 Å². The van der Waals surface area contributed by atoms with Gasteiger partial charge in [-0.05, 0) is 72.0 Å². The van der Waals surface area contributed by atoms with E-state index in [0.29, 0.717) is 78.3 Å². The third-order valence-electron chi connectivity index (χ3n) is 5.23. The van der Waals surface area contributed by atoms with Gasteiger partial charge in [0.05, 0.1) is 30.1 Å². The topological polar surface area (TPSA) is 0 Å². The molecule has 0 aromatic heterocycles. The lowest BCUT2D eigenvalue weighted by Gasteiger charge is -2.26. The molecule has 0 heterocycles. The van der Waals surface area contributed by atoms with Crippen LogP contribution in [0.4, 0.5) is 0 Å². The van der Waals surface area contributed by atoms with E-state index >= 15 is 0 Å². The van der Waals surface area contributed by atoms with Crippen LogP contribution in [0.3, 0.4) is 0 Å². The zero-order valence-electron chi connectivity index (χ0n) is 16.2. The first-order valence-electron chi connectivity index (χ1n) is 8.80. The van der Waals surface area contributed by atoms with Crippen LogP contribution in [-0.4, -0.2) is 6.71 Å². The molecule has 0 nitrogen and oxygen atoms in total. The predicted molar refractivity (Wildman–Crippen MR) is 143 cm³/mol. The monoisotopic (exact) mass is 590 g/mol. The van der Waals surface area contributed by atoms with E-state index in [4.69, 9.17) is 104 Å². The average molecular weight is 594 g/mol. The van der Waals surface area contributed by atoms with Gasteiger partial charge in [-0.25, -0.2) is 0 Å². The van der Waals surface area contributed by atoms with E-state index in [0.717, 1.165) is 0 Å². The van der Waals surface area contributed by atoms with Crippen molar-refractivity contribution in [2.75, 3.05) is 0 Å². The first kappa shape index (κ1) is 25.9. The standard InChI is InChI=1S/C21H12BCl9/c1-7-16(10(23)4-13(26)19(7)29)22(17-8(2)20(30)14(27)5-11(17)24)18-9(3)21(31)15(28)6-12(18)25/h4-6H,1-3H3. The van der Waals surface area contributed by atoms with Crippen molar-refractivity contribution in [2.45, 2.75) is 20.8 Å². The second kappa shape index (κ2) is 9.91. The van der Waals surface area contributed by atoms with Crippen LogP contribution < -0.4 is 16.4 Å². The van der Waals surface area contributed by atoms with E-state index in [-0.39, 0.29) is 0 Å². The van der Waals surface area contributed by atoms with E-state index in [1.165, 1.54) is 0 Å². The van der Waals surface area contributed by atoms with Gasteiger partial charge in [0, 0.05) is 15.1 Å². The molecule has 3 rings (SSSR count). The predicted octanol–water partition coefficient (Wildman–Crippen LogP) is 9.01. The molecule has 0 fully saturated rings. The molecule has 0 aliphatic rings. The number of rotatable bonds is 3. The molecule has 0 saturated heterocycles. The smallest absolute Gasteiger partial charge is 0.0848 e. The zero-order valence-corrected chi connectivity index (χ0v) is 23.0. The van der Waals surface area contributed by atoms with Gasteiger partial charge < -0.3 is 0 Å². The maximum atomic E-state index is 6.71. The Labute approximate surface area is 226 Å². The first-order chi connectivity index (χ1) is 14.4. The molecular formula is C21H12BCl9. The van der Waals surface area contributed by atoms with Crippen LogP contribution in [0.25, 0.3) is 0 Å². The fourth-order valence-electron chi connectivity index (χ4n) is 3.68. The van der Waals surface area contributed by atoms with Crippen LogP contribution in [0, 0.1) is 20.8 Å². The highest BCUT2D eigenvalue weighted by atomic mass is 35.5. The Kier molecular flexibility index (Phi) is 8.29. The molecule has 0 N–H and O–H groups in total. The van der Waals surface area contributed by atoms with Crippen molar-refractivity contribution < 1.29 is 0 Å². The highest BCUT2D eigenvalue weighted by Crippen LogP contribution is 2.34. The van der Waals surface area contributed by atoms with E-state index in [1.807, 2.05) is 20.8 Å². The Bertz CT molecular complexity index is 1070. The molecule has 0 atom stereocenters. The van der Waals surface area contributed by atoms with Crippen molar-refractivity contribution >= 4 is 128 Å². The van der Waals surface area contributed by atoms with Gasteiger partial charge in [0.15, 0.2) is 0 Å². The molecule has 31 heavy (non-hydrogen) atoms. The number of hydrogen-bond acceptors (Lipinski definition) is 0. The lowest BCUT2D eigenvalue weighted by atomic mass is 9.34. The van der Waals surface area contributed by atoms with Crippen molar-refractivity contribution in [1.82, 2.24) is 0 Å². The zero-order chi connectivity index (χ0) is 23.4. The molecule has 162 valence electrons. The minimum absolute atomic E-state index is 0.334. The summed E-state index contributed by atoms with van der Waals surface area (Å²) in [5, 5.41) is 3.28. The van der Waals surface area contributed by atoms with Crippen molar-refractivity contribution in [3.05, 3.63) is 80.1 Å². The second-order valence-electron chi connectivity index (χ2n) is 7.01. The molecule has 3 aromatic carbocycles. The Morgan fingerprint density at radius 2 is 0.645 bits per heavy atom. The quantitative estimate of drug-likeness (QED) is 0.210. The van der Waals surface area contributed by atoms with Crippen LogP contribution in [-0.2, 0) is 0 Å². The van der Waals surface area contributed by atoms with Crippen LogP contribution in [0.15, 0.2) is 18.2 Å². The van der Waals surface area contributed by atoms with Crippen molar-refractivity contribution in [3.8, 4) is 0 Å². The summed E-state index contributed by atoms with van der Waals surface area (Å²) >= 11 is 58.4. The third-order valence-corrected chi connectivity index (χ3v) is 8.81. The number of benzene rings is 3. The Morgan fingerprint density at radius 3 is 0.871 bits per heavy atom. The molecule has 0 aliphatic carbocycles. The molecule has 0 amide bonds. The Hall–Kier alpha value is 0.335. The van der Waals surface area contributed by atoms with E-state index < -0.39 is 6.71 Å². The summed E-state index contributed by atoms with van der Waals surface area (Å²) in [7, 11) is 0. The normalized spacial score (nSPS) is 11.2. The highest BCUT2D eigenvalue weighted by molar-refractivity contribution is 6.99. The largest absolute Gasteiger partial charge is 0.248 e. The molecule has 0 bridgehead atoms. The summed E-state index contributed by atoms with van der Waals surface area (Å²) in [6, 6.07) is 4.76. The van der Waals surface area contributed by atoms with Crippen molar-refractivity contribution in [3.63, 3.8) is 0 Å². The number of halogens is 9. The maximum absolute atomic E-state index is 6.71. The average Bonchev–Trinajstić information content (AvgIpc) is 2.68. The minimum atomic E-state index is -0.577. The van der Waals surface area contributed by atoms with Gasteiger partial charge in [-0.1, -0.05) is 104 Å². The van der Waals surface area contributed by atoms with Crippen LogP contribution in [0.1, 0.15) is 16.7 Å². The fraction of sp³-hybridized carbons (Fsp3) is 0.143. The first-order valence-corrected chi connectivity index (χ1v) is 12.2. The molecular weight excluding hydrogens is 582 g/mol. The second-order valence-corrected chi connectivity index (χ2v) is 10.6. The van der Waals surface area contributed by atoms with Gasteiger partial charge in [0.2, 0.25) is 6.71 Å². The molecule has 0 aliphatic heterocycles. The van der Waals surface area contributed by atoms with Crippen molar-refractivity contribution in [1.29, 1.82) is 0 Å². The maximum Gasteiger partial charge on any atom is 0.248 e. The molecule has 0 spiro atoms. The summed E-state index contributed by atoms with van der Waals surface area (Å²) in [5.74, 6) is 0. The summed E-state index contributed by atoms with van der Waals surface area (Å²) in [5.41, 5.74) is 4.03. The minimum Gasteiger partial charge on any atom is -0.0848 e. The lowest BCUT2D eigenvalue weighted by molar-refractivity contribution is 1.47. The van der Waals surface area contributed by atoms with Crippen LogP contribution >= 0.6 is 104 Å². The molecule has 0 radical (unpaired) electrons. The van der Waals surface area contributed by atoms with E-state index in [2.05, 4.69) is 0 Å². The Balaban J connectivity index is 2.56. The molecule has 0 unspecified atom stereocenters. The van der Waals surface area contributed by atoms with Gasteiger partial charge >= 0.3 is 0 Å². The van der Waals surface area contributed by atoms with Gasteiger partial charge in [-0.15, -0.1) is 0 Å². The van der Waals surface area contributed by atoms with E-state index in [1.54, 1.807) is 18.2 Å². The molecule has 10 heteroatoms. The van der Waals surface area contributed by atoms with Crippen LogP contribution in [0.5, 0.6) is 0 Å². The van der Waals surface area contributed by atoms with Crippen molar-refractivity contribution in [2.24, 2.45) is 0 Å². The summed E-state index contributed by atoms with van der Waals surface area (Å²) in [6.07, 6.45) is 0. The molecule has 0 saturated carbocycles. The van der Waals surface area contributed by atoms with Crippen LogP contribution in [0.2, 0.25) is 45.2 Å². The highest BCUT2D eigenvalue weighted by Gasteiger charge is 2.35. The third kappa shape index (κ3) is 4.65.